The largest absolute Gasteiger partial charge is 0.348 e. The summed E-state index contributed by atoms with van der Waals surface area (Å²) in [7, 11) is 0. The molecule has 0 fully saturated rings. The summed E-state index contributed by atoms with van der Waals surface area (Å²) in [5.41, 5.74) is 6.88. The molecule has 2 atom stereocenters. The van der Waals surface area contributed by atoms with Gasteiger partial charge >= 0.3 is 0 Å². The van der Waals surface area contributed by atoms with Gasteiger partial charge in [0.2, 0.25) is 5.91 Å². The zero-order valence-electron chi connectivity index (χ0n) is 13.9. The first-order chi connectivity index (χ1) is 10.3. The number of carbonyl (C=O) groups excluding carboxylic acids is 1. The predicted molar refractivity (Wildman–Crippen MR) is 92.5 cm³/mol. The summed E-state index contributed by atoms with van der Waals surface area (Å²) in [6.45, 7) is 8.57. The van der Waals surface area contributed by atoms with E-state index in [1.54, 1.807) is 0 Å². The molecule has 3 heteroatoms. The van der Waals surface area contributed by atoms with Gasteiger partial charge < -0.3 is 11.1 Å². The van der Waals surface area contributed by atoms with Crippen LogP contribution in [-0.4, -0.2) is 12.5 Å². The minimum absolute atomic E-state index is 0.0520. The molecular weight excluding hydrogens is 272 g/mol. The Morgan fingerprint density at radius 3 is 2.36 bits per heavy atom. The van der Waals surface area contributed by atoms with Crippen LogP contribution in [0.4, 0.5) is 0 Å². The lowest BCUT2D eigenvalue weighted by atomic mass is 9.81. The van der Waals surface area contributed by atoms with E-state index in [2.05, 4.69) is 50.4 Å². The predicted octanol–water partition coefficient (Wildman–Crippen LogP) is 3.64. The average Bonchev–Trinajstić information content (AvgIpc) is 2.50. The number of hydrogen-bond donors (Lipinski definition) is 2. The Bertz CT molecular complexity index is 658. The Hall–Kier alpha value is -1.87. The van der Waals surface area contributed by atoms with Crippen LogP contribution in [0.2, 0.25) is 0 Å². The first kappa shape index (κ1) is 16.5. The highest BCUT2D eigenvalue weighted by atomic mass is 16.2. The molecule has 2 unspecified atom stereocenters. The third kappa shape index (κ3) is 3.66. The van der Waals surface area contributed by atoms with E-state index in [0.29, 0.717) is 6.54 Å². The van der Waals surface area contributed by atoms with Crippen molar-refractivity contribution >= 4 is 16.7 Å². The van der Waals surface area contributed by atoms with Gasteiger partial charge in [-0.2, -0.15) is 0 Å². The Morgan fingerprint density at radius 2 is 1.77 bits per heavy atom. The van der Waals surface area contributed by atoms with E-state index in [-0.39, 0.29) is 23.3 Å². The molecule has 0 aliphatic carbocycles. The Kier molecular flexibility index (Phi) is 4.87. The summed E-state index contributed by atoms with van der Waals surface area (Å²) < 4.78 is 0. The van der Waals surface area contributed by atoms with Gasteiger partial charge in [0.1, 0.15) is 0 Å². The number of hydrogen-bond acceptors (Lipinski definition) is 2. The molecule has 2 aromatic carbocycles. The van der Waals surface area contributed by atoms with E-state index in [0.717, 1.165) is 10.9 Å². The van der Waals surface area contributed by atoms with E-state index in [9.17, 15) is 4.79 Å². The molecule has 0 bridgehead atoms. The number of nitrogens with one attached hydrogen (secondary N) is 1. The second-order valence-corrected chi connectivity index (χ2v) is 6.99. The molecule has 0 aromatic heterocycles. The Labute approximate surface area is 132 Å². The Balaban J connectivity index is 2.21. The minimum Gasteiger partial charge on any atom is -0.348 e. The van der Waals surface area contributed by atoms with Gasteiger partial charge in [0, 0.05) is 12.5 Å². The van der Waals surface area contributed by atoms with Crippen molar-refractivity contribution in [1.82, 2.24) is 5.32 Å². The lowest BCUT2D eigenvalue weighted by Gasteiger charge is -2.28. The summed E-state index contributed by atoms with van der Waals surface area (Å²) in [6, 6.07) is 14.3. The topological polar surface area (TPSA) is 55.1 Å². The van der Waals surface area contributed by atoms with Crippen molar-refractivity contribution in [2.45, 2.75) is 33.7 Å². The number of fused-ring (bicyclic) bond motifs is 1. The molecule has 0 aliphatic heterocycles. The standard InChI is InChI=1S/C19H26N2O/c1-13(19(2,3)4)18(22)21-17(12-20)16-10-9-14-7-5-6-8-15(14)11-16/h5-11,13,17H,12,20H2,1-4H3,(H,21,22). The summed E-state index contributed by atoms with van der Waals surface area (Å²) in [5.74, 6) is -0.0156. The number of amides is 1. The molecule has 1 amide bonds. The highest BCUT2D eigenvalue weighted by molar-refractivity contribution is 5.84. The molecule has 2 aromatic rings. The second kappa shape index (κ2) is 6.49. The van der Waals surface area contributed by atoms with Gasteiger partial charge in [-0.25, -0.2) is 0 Å². The van der Waals surface area contributed by atoms with E-state index in [4.69, 9.17) is 5.73 Å². The number of benzene rings is 2. The number of rotatable bonds is 4. The fraction of sp³-hybridized carbons (Fsp3) is 0.421. The van der Waals surface area contributed by atoms with Crippen LogP contribution in [0.1, 0.15) is 39.3 Å². The molecule has 118 valence electrons. The Morgan fingerprint density at radius 1 is 1.14 bits per heavy atom. The van der Waals surface area contributed by atoms with E-state index in [1.807, 2.05) is 25.1 Å². The average molecular weight is 298 g/mol. The zero-order chi connectivity index (χ0) is 16.3. The van der Waals surface area contributed by atoms with Crippen LogP contribution >= 0.6 is 0 Å². The van der Waals surface area contributed by atoms with Gasteiger partial charge in [0.05, 0.1) is 6.04 Å². The van der Waals surface area contributed by atoms with Crippen molar-refractivity contribution in [3.05, 3.63) is 48.0 Å². The zero-order valence-corrected chi connectivity index (χ0v) is 13.9. The normalized spacial score (nSPS) is 14.6. The van der Waals surface area contributed by atoms with Gasteiger partial charge in [-0.1, -0.05) is 64.1 Å². The summed E-state index contributed by atoms with van der Waals surface area (Å²) in [5, 5.41) is 5.44. The molecule has 0 saturated heterocycles. The first-order valence-electron chi connectivity index (χ1n) is 7.82. The third-order valence-corrected chi connectivity index (χ3v) is 4.42. The fourth-order valence-electron chi connectivity index (χ4n) is 2.39. The SMILES string of the molecule is CC(C(=O)NC(CN)c1ccc2ccccc2c1)C(C)(C)C. The quantitative estimate of drug-likeness (QED) is 0.905. The van der Waals surface area contributed by atoms with Crippen LogP contribution in [-0.2, 0) is 4.79 Å². The molecule has 0 radical (unpaired) electrons. The van der Waals surface area contributed by atoms with Crippen LogP contribution in [0.3, 0.4) is 0 Å². The van der Waals surface area contributed by atoms with Crippen LogP contribution in [0.25, 0.3) is 10.8 Å². The highest BCUT2D eigenvalue weighted by Gasteiger charge is 2.28. The van der Waals surface area contributed by atoms with Crippen LogP contribution in [0.15, 0.2) is 42.5 Å². The van der Waals surface area contributed by atoms with Gasteiger partial charge in [-0.05, 0) is 27.8 Å². The van der Waals surface area contributed by atoms with Gasteiger partial charge in [0.15, 0.2) is 0 Å². The molecule has 0 spiro atoms. The highest BCUT2D eigenvalue weighted by Crippen LogP contribution is 2.26. The molecule has 22 heavy (non-hydrogen) atoms. The molecule has 0 saturated carbocycles. The summed E-state index contributed by atoms with van der Waals surface area (Å²) in [6.07, 6.45) is 0. The molecule has 3 nitrogen and oxygen atoms in total. The van der Waals surface area contributed by atoms with Gasteiger partial charge in [-0.15, -0.1) is 0 Å². The second-order valence-electron chi connectivity index (χ2n) is 6.99. The minimum atomic E-state index is -0.151. The number of nitrogens with two attached hydrogens (primary N) is 1. The van der Waals surface area contributed by atoms with Gasteiger partial charge in [-0.3, -0.25) is 4.79 Å². The maximum absolute atomic E-state index is 12.4. The molecule has 0 aliphatic rings. The fourth-order valence-corrected chi connectivity index (χ4v) is 2.39. The van der Waals surface area contributed by atoms with Crippen molar-refractivity contribution in [3.63, 3.8) is 0 Å². The van der Waals surface area contributed by atoms with E-state index < -0.39 is 0 Å². The molecular formula is C19H26N2O. The van der Waals surface area contributed by atoms with Crippen LogP contribution in [0.5, 0.6) is 0 Å². The maximum Gasteiger partial charge on any atom is 0.223 e. The van der Waals surface area contributed by atoms with Crippen LogP contribution in [0, 0.1) is 11.3 Å². The smallest absolute Gasteiger partial charge is 0.223 e. The van der Waals surface area contributed by atoms with Crippen molar-refractivity contribution < 1.29 is 4.79 Å². The molecule has 2 rings (SSSR count). The lowest BCUT2D eigenvalue weighted by molar-refractivity contribution is -0.128. The van der Waals surface area contributed by atoms with Crippen molar-refractivity contribution in [2.24, 2.45) is 17.1 Å². The molecule has 0 heterocycles. The van der Waals surface area contributed by atoms with Crippen molar-refractivity contribution in [3.8, 4) is 0 Å². The van der Waals surface area contributed by atoms with Gasteiger partial charge in [0.25, 0.3) is 0 Å². The maximum atomic E-state index is 12.4. The van der Waals surface area contributed by atoms with Crippen LogP contribution < -0.4 is 11.1 Å². The monoisotopic (exact) mass is 298 g/mol. The summed E-state index contributed by atoms with van der Waals surface area (Å²) in [4.78, 5) is 12.4. The molecule has 3 N–H and O–H groups in total. The van der Waals surface area contributed by atoms with Crippen molar-refractivity contribution in [1.29, 1.82) is 0 Å². The third-order valence-electron chi connectivity index (χ3n) is 4.42. The number of carbonyl (C=O) groups is 1. The van der Waals surface area contributed by atoms with E-state index in [1.165, 1.54) is 5.39 Å². The van der Waals surface area contributed by atoms with E-state index >= 15 is 0 Å². The lowest BCUT2D eigenvalue weighted by Crippen LogP contribution is -2.40. The van der Waals surface area contributed by atoms with Crippen molar-refractivity contribution in [2.75, 3.05) is 6.54 Å². The first-order valence-corrected chi connectivity index (χ1v) is 7.82. The summed E-state index contributed by atoms with van der Waals surface area (Å²) >= 11 is 0.